The minimum atomic E-state index is -0.418. The van der Waals surface area contributed by atoms with E-state index in [1.54, 1.807) is 6.92 Å². The third kappa shape index (κ3) is 3.66. The quantitative estimate of drug-likeness (QED) is 0.598. The number of hydrogen-bond donors (Lipinski definition) is 2. The van der Waals surface area contributed by atoms with Crippen LogP contribution < -0.4 is 5.32 Å². The van der Waals surface area contributed by atoms with Gasteiger partial charge in [-0.3, -0.25) is 10.1 Å². The molecule has 0 aliphatic rings. The third-order valence-corrected chi connectivity index (χ3v) is 2.85. The number of aromatic nitrogens is 1. The predicted molar refractivity (Wildman–Crippen MR) is 69.6 cm³/mol. The first-order chi connectivity index (χ1) is 8.45. The molecule has 1 heterocycles. The Morgan fingerprint density at radius 1 is 1.56 bits per heavy atom. The normalized spacial score (nSPS) is 12.5. The molecule has 1 aromatic heterocycles. The largest absolute Gasteiger partial charge is 0.396 e. The zero-order valence-electron chi connectivity index (χ0n) is 10.9. The lowest BCUT2D eigenvalue weighted by Gasteiger charge is -2.22. The Balaban J connectivity index is 2.89. The zero-order valence-corrected chi connectivity index (χ0v) is 10.9. The van der Waals surface area contributed by atoms with Crippen molar-refractivity contribution in [3.8, 4) is 0 Å². The summed E-state index contributed by atoms with van der Waals surface area (Å²) in [6, 6.07) is 1.48. The lowest BCUT2D eigenvalue weighted by atomic mass is 10.0. The Kier molecular flexibility index (Phi) is 5.03. The molecule has 18 heavy (non-hydrogen) atoms. The second-order valence-electron chi connectivity index (χ2n) is 4.62. The van der Waals surface area contributed by atoms with Crippen molar-refractivity contribution >= 4 is 11.5 Å². The Bertz CT molecular complexity index is 421. The van der Waals surface area contributed by atoms with Crippen LogP contribution in [0.15, 0.2) is 12.3 Å². The number of hydrogen-bond acceptors (Lipinski definition) is 5. The Hall–Kier alpha value is -1.69. The Morgan fingerprint density at radius 2 is 2.22 bits per heavy atom. The van der Waals surface area contributed by atoms with Crippen molar-refractivity contribution in [2.75, 3.05) is 11.9 Å². The average Bonchev–Trinajstić information content (AvgIpc) is 2.30. The molecular formula is C12H19N3O3. The van der Waals surface area contributed by atoms with Crippen LogP contribution in [0.1, 0.15) is 25.8 Å². The number of nitrogens with one attached hydrogen (secondary N) is 1. The molecule has 1 atom stereocenters. The summed E-state index contributed by atoms with van der Waals surface area (Å²) in [4.78, 5) is 14.5. The molecule has 0 fully saturated rings. The van der Waals surface area contributed by atoms with Crippen LogP contribution in [0.2, 0.25) is 0 Å². The van der Waals surface area contributed by atoms with Crippen molar-refractivity contribution in [1.29, 1.82) is 0 Å². The summed E-state index contributed by atoms with van der Waals surface area (Å²) in [7, 11) is 0. The molecule has 0 saturated heterocycles. The van der Waals surface area contributed by atoms with Gasteiger partial charge in [-0.15, -0.1) is 0 Å². The van der Waals surface area contributed by atoms with E-state index < -0.39 is 4.92 Å². The molecule has 0 aliphatic carbocycles. The van der Waals surface area contributed by atoms with Gasteiger partial charge in [0.25, 0.3) is 5.69 Å². The third-order valence-electron chi connectivity index (χ3n) is 2.85. The zero-order chi connectivity index (χ0) is 13.7. The number of aliphatic hydroxyl groups excluding tert-OH is 1. The fraction of sp³-hybridized carbons (Fsp3) is 0.583. The Morgan fingerprint density at radius 3 is 2.72 bits per heavy atom. The predicted octanol–water partition coefficient (Wildman–Crippen LogP) is 2.12. The minimum Gasteiger partial charge on any atom is -0.396 e. The second-order valence-corrected chi connectivity index (χ2v) is 4.62. The molecule has 6 heteroatoms. The van der Waals surface area contributed by atoms with Crippen LogP contribution in [0.25, 0.3) is 0 Å². The molecule has 6 nitrogen and oxygen atoms in total. The first-order valence-electron chi connectivity index (χ1n) is 5.94. The van der Waals surface area contributed by atoms with Gasteiger partial charge >= 0.3 is 0 Å². The highest BCUT2D eigenvalue weighted by molar-refractivity contribution is 5.49. The first-order valence-corrected chi connectivity index (χ1v) is 5.94. The number of rotatable bonds is 6. The van der Waals surface area contributed by atoms with E-state index in [1.807, 2.05) is 13.8 Å². The molecule has 0 spiro atoms. The Labute approximate surface area is 106 Å². The lowest BCUT2D eigenvalue weighted by Crippen LogP contribution is -2.27. The smallest absolute Gasteiger partial charge is 0.277 e. The van der Waals surface area contributed by atoms with Crippen LogP contribution >= 0.6 is 0 Å². The van der Waals surface area contributed by atoms with Crippen LogP contribution in [0, 0.1) is 23.0 Å². The number of nitrogens with zero attached hydrogens (tertiary/aromatic N) is 2. The van der Waals surface area contributed by atoms with Gasteiger partial charge in [0.2, 0.25) is 0 Å². The number of anilines is 1. The highest BCUT2D eigenvalue weighted by atomic mass is 16.6. The SMILES string of the molecule is Cc1cnc(NC(CCO)C(C)C)cc1[N+](=O)[O-]. The highest BCUT2D eigenvalue weighted by Gasteiger charge is 2.16. The van der Waals surface area contributed by atoms with E-state index in [9.17, 15) is 10.1 Å². The highest BCUT2D eigenvalue weighted by Crippen LogP contribution is 2.21. The fourth-order valence-corrected chi connectivity index (χ4v) is 1.69. The molecule has 2 N–H and O–H groups in total. The van der Waals surface area contributed by atoms with Gasteiger partial charge in [-0.2, -0.15) is 0 Å². The summed E-state index contributed by atoms with van der Waals surface area (Å²) in [5.74, 6) is 0.777. The van der Waals surface area contributed by atoms with Crippen molar-refractivity contribution < 1.29 is 10.0 Å². The number of nitro groups is 1. The van der Waals surface area contributed by atoms with Gasteiger partial charge in [0.15, 0.2) is 0 Å². The van der Waals surface area contributed by atoms with E-state index in [1.165, 1.54) is 12.3 Å². The van der Waals surface area contributed by atoms with E-state index in [4.69, 9.17) is 5.11 Å². The van der Waals surface area contributed by atoms with Crippen molar-refractivity contribution in [3.63, 3.8) is 0 Å². The summed E-state index contributed by atoms with van der Waals surface area (Å²) in [6.45, 7) is 5.78. The van der Waals surface area contributed by atoms with E-state index in [2.05, 4.69) is 10.3 Å². The summed E-state index contributed by atoms with van der Waals surface area (Å²) >= 11 is 0. The van der Waals surface area contributed by atoms with Crippen molar-refractivity contribution in [2.45, 2.75) is 33.2 Å². The molecule has 0 aromatic carbocycles. The summed E-state index contributed by atoms with van der Waals surface area (Å²) in [5, 5.41) is 22.9. The molecule has 0 aliphatic heterocycles. The molecule has 100 valence electrons. The lowest BCUT2D eigenvalue weighted by molar-refractivity contribution is -0.385. The fourth-order valence-electron chi connectivity index (χ4n) is 1.69. The maximum absolute atomic E-state index is 10.8. The topological polar surface area (TPSA) is 88.3 Å². The van der Waals surface area contributed by atoms with Crippen molar-refractivity contribution in [2.24, 2.45) is 5.92 Å². The number of pyridine rings is 1. The number of aliphatic hydroxyl groups is 1. The van der Waals surface area contributed by atoms with Crippen molar-refractivity contribution in [3.05, 3.63) is 27.9 Å². The van der Waals surface area contributed by atoms with E-state index >= 15 is 0 Å². The standard InChI is InChI=1S/C12H19N3O3/c1-8(2)10(4-5-16)14-12-6-11(15(17)18)9(3)7-13-12/h6-8,10,16H,4-5H2,1-3H3,(H,13,14). The van der Waals surface area contributed by atoms with Gasteiger partial charge in [-0.05, 0) is 19.3 Å². The molecule has 1 rings (SSSR count). The van der Waals surface area contributed by atoms with Gasteiger partial charge in [-0.25, -0.2) is 4.98 Å². The van der Waals surface area contributed by atoms with Crippen LogP contribution in [-0.2, 0) is 0 Å². The van der Waals surface area contributed by atoms with Gasteiger partial charge in [-0.1, -0.05) is 13.8 Å². The van der Waals surface area contributed by atoms with Crippen LogP contribution in [0.5, 0.6) is 0 Å². The van der Waals surface area contributed by atoms with Crippen LogP contribution in [0.4, 0.5) is 11.5 Å². The summed E-state index contributed by atoms with van der Waals surface area (Å²) in [5.41, 5.74) is 0.591. The van der Waals surface area contributed by atoms with Gasteiger partial charge in [0.05, 0.1) is 11.0 Å². The summed E-state index contributed by atoms with van der Waals surface area (Å²) < 4.78 is 0. The molecule has 0 saturated carbocycles. The van der Waals surface area contributed by atoms with Crippen molar-refractivity contribution in [1.82, 2.24) is 4.98 Å². The maximum atomic E-state index is 10.8. The molecular weight excluding hydrogens is 234 g/mol. The number of aryl methyl sites for hydroxylation is 1. The summed E-state index contributed by atoms with van der Waals surface area (Å²) in [6.07, 6.45) is 2.07. The minimum absolute atomic E-state index is 0.0461. The van der Waals surface area contributed by atoms with E-state index in [0.29, 0.717) is 23.7 Å². The monoisotopic (exact) mass is 253 g/mol. The average molecular weight is 253 g/mol. The first kappa shape index (κ1) is 14.4. The molecule has 0 amide bonds. The maximum Gasteiger partial charge on any atom is 0.277 e. The van der Waals surface area contributed by atoms with E-state index in [0.717, 1.165) is 0 Å². The van der Waals surface area contributed by atoms with E-state index in [-0.39, 0.29) is 18.3 Å². The van der Waals surface area contributed by atoms with Gasteiger partial charge in [0, 0.05) is 24.4 Å². The molecule has 0 radical (unpaired) electrons. The second kappa shape index (κ2) is 6.30. The van der Waals surface area contributed by atoms with Gasteiger partial charge in [0.1, 0.15) is 5.82 Å². The van der Waals surface area contributed by atoms with Crippen LogP contribution in [0.3, 0.4) is 0 Å². The van der Waals surface area contributed by atoms with Gasteiger partial charge < -0.3 is 10.4 Å². The molecule has 1 unspecified atom stereocenters. The van der Waals surface area contributed by atoms with Crippen LogP contribution in [-0.4, -0.2) is 27.7 Å². The molecule has 1 aromatic rings. The molecule has 0 bridgehead atoms.